The monoisotopic (exact) mass is 476 g/mol. The number of carbonyl (C=O) groups is 3. The molecule has 2 aromatic rings. The van der Waals surface area contributed by atoms with Crippen LogP contribution in [0.4, 0.5) is 11.4 Å². The van der Waals surface area contributed by atoms with Crippen molar-refractivity contribution in [1.29, 1.82) is 0 Å². The fraction of sp³-hybridized carbons (Fsp3) is 0.250. The predicted octanol–water partition coefficient (Wildman–Crippen LogP) is 2.13. The van der Waals surface area contributed by atoms with E-state index in [9.17, 15) is 39.7 Å². The van der Waals surface area contributed by atoms with E-state index in [4.69, 9.17) is 9.94 Å². The van der Waals surface area contributed by atoms with Crippen molar-refractivity contribution in [3.8, 4) is 0 Å². The van der Waals surface area contributed by atoms with Gasteiger partial charge in [0.15, 0.2) is 0 Å². The summed E-state index contributed by atoms with van der Waals surface area (Å²) >= 11 is 0. The molecule has 0 atom stereocenters. The number of rotatable bonds is 13. The third-order valence-electron chi connectivity index (χ3n) is 4.54. The highest BCUT2D eigenvalue weighted by atomic mass is 16.6. The van der Waals surface area contributed by atoms with Gasteiger partial charge in [-0.15, -0.1) is 0 Å². The summed E-state index contributed by atoms with van der Waals surface area (Å²) in [6, 6.07) is 6.21. The normalized spacial score (nSPS) is 10.5. The predicted molar refractivity (Wildman–Crippen MR) is 114 cm³/mol. The van der Waals surface area contributed by atoms with Crippen LogP contribution < -0.4 is 10.8 Å². The molecular weight excluding hydrogens is 456 g/mol. The Morgan fingerprint density at radius 2 is 1.38 bits per heavy atom. The zero-order chi connectivity index (χ0) is 25.3. The number of carbonyl (C=O) groups excluding carboxylic acids is 1. The van der Waals surface area contributed by atoms with Crippen LogP contribution in [0.2, 0.25) is 0 Å². The van der Waals surface area contributed by atoms with E-state index in [1.165, 1.54) is 0 Å². The number of benzene rings is 2. The highest BCUT2D eigenvalue weighted by Crippen LogP contribution is 2.19. The van der Waals surface area contributed by atoms with Crippen LogP contribution in [0.5, 0.6) is 0 Å². The van der Waals surface area contributed by atoms with Crippen molar-refractivity contribution >= 4 is 29.2 Å². The number of hydroxylamine groups is 1. The molecule has 2 rings (SSSR count). The van der Waals surface area contributed by atoms with Gasteiger partial charge < -0.3 is 15.5 Å². The number of non-ortho nitro benzene ring substituents is 2. The number of nitro groups is 2. The standard InChI is InChI=1S/C20H20N4O10/c25-18(17-10-14(24(32)33)4-6-16(17)20(28)29)21-7-1-2-8-22-34-11-12-9-13(23(30)31)3-5-15(12)19(26)27/h3-6,9-10,22H,1-2,7-8,11H2,(H,21,25)(H,26,27)(H,28,29). The zero-order valence-corrected chi connectivity index (χ0v) is 17.6. The molecule has 0 unspecified atom stereocenters. The first kappa shape index (κ1) is 25.8. The topological polar surface area (TPSA) is 211 Å². The number of hydrogen-bond donors (Lipinski definition) is 4. The molecule has 0 spiro atoms. The first-order valence-electron chi connectivity index (χ1n) is 9.77. The lowest BCUT2D eigenvalue weighted by Crippen LogP contribution is -2.27. The quantitative estimate of drug-likeness (QED) is 0.187. The van der Waals surface area contributed by atoms with Crippen LogP contribution >= 0.6 is 0 Å². The van der Waals surface area contributed by atoms with Gasteiger partial charge in [0.1, 0.15) is 0 Å². The van der Waals surface area contributed by atoms with Crippen LogP contribution in [-0.4, -0.2) is 51.0 Å². The molecule has 0 aliphatic rings. The fourth-order valence-corrected chi connectivity index (χ4v) is 2.86. The van der Waals surface area contributed by atoms with Crippen LogP contribution in [0.15, 0.2) is 36.4 Å². The molecule has 0 aliphatic carbocycles. The van der Waals surface area contributed by atoms with E-state index in [0.29, 0.717) is 19.4 Å². The van der Waals surface area contributed by atoms with Crippen molar-refractivity contribution in [2.75, 3.05) is 13.1 Å². The summed E-state index contributed by atoms with van der Waals surface area (Å²) in [5.41, 5.74) is 1.21. The van der Waals surface area contributed by atoms with Crippen molar-refractivity contribution in [2.24, 2.45) is 0 Å². The molecule has 4 N–H and O–H groups in total. The molecule has 0 heterocycles. The number of nitrogens with one attached hydrogen (secondary N) is 2. The average Bonchev–Trinajstić information content (AvgIpc) is 2.79. The molecule has 0 fully saturated rings. The van der Waals surface area contributed by atoms with Gasteiger partial charge in [0.2, 0.25) is 0 Å². The van der Waals surface area contributed by atoms with Gasteiger partial charge in [0.25, 0.3) is 17.3 Å². The van der Waals surface area contributed by atoms with Gasteiger partial charge in [0, 0.05) is 42.9 Å². The lowest BCUT2D eigenvalue weighted by atomic mass is 10.1. The Hall–Kier alpha value is -4.43. The minimum atomic E-state index is -1.39. The number of unbranched alkanes of at least 4 members (excludes halogenated alkanes) is 1. The maximum absolute atomic E-state index is 12.3. The van der Waals surface area contributed by atoms with Gasteiger partial charge in [-0.3, -0.25) is 29.9 Å². The van der Waals surface area contributed by atoms with Gasteiger partial charge in [-0.05, 0) is 25.0 Å². The highest BCUT2D eigenvalue weighted by molar-refractivity contribution is 6.05. The first-order valence-corrected chi connectivity index (χ1v) is 9.77. The highest BCUT2D eigenvalue weighted by Gasteiger charge is 2.20. The second kappa shape index (κ2) is 12.0. The smallest absolute Gasteiger partial charge is 0.336 e. The minimum Gasteiger partial charge on any atom is -0.478 e. The van der Waals surface area contributed by atoms with E-state index in [-0.39, 0.29) is 41.1 Å². The molecule has 0 aliphatic heterocycles. The molecule has 0 radical (unpaired) electrons. The SMILES string of the molecule is O=C(O)c1ccc([N+](=O)[O-])cc1CONCCCCNC(=O)c1cc([N+](=O)[O-])ccc1C(=O)O. The summed E-state index contributed by atoms with van der Waals surface area (Å²) < 4.78 is 0. The molecule has 0 saturated carbocycles. The number of nitrogens with zero attached hydrogens (tertiary/aromatic N) is 2. The Morgan fingerprint density at radius 3 is 1.97 bits per heavy atom. The second-order valence-corrected chi connectivity index (χ2v) is 6.84. The second-order valence-electron chi connectivity index (χ2n) is 6.84. The first-order chi connectivity index (χ1) is 16.1. The third kappa shape index (κ3) is 7.04. The molecule has 0 saturated heterocycles. The number of carboxylic acid groups (broad SMARTS) is 2. The summed E-state index contributed by atoms with van der Waals surface area (Å²) in [5.74, 6) is -3.41. The van der Waals surface area contributed by atoms with E-state index in [2.05, 4.69) is 10.8 Å². The summed E-state index contributed by atoms with van der Waals surface area (Å²) in [7, 11) is 0. The maximum Gasteiger partial charge on any atom is 0.336 e. The summed E-state index contributed by atoms with van der Waals surface area (Å²) in [6.45, 7) is 0.214. The molecule has 0 aromatic heterocycles. The summed E-state index contributed by atoms with van der Waals surface area (Å²) in [6.07, 6.45) is 0.929. The molecule has 0 bridgehead atoms. The maximum atomic E-state index is 12.3. The van der Waals surface area contributed by atoms with E-state index in [1.807, 2.05) is 0 Å². The van der Waals surface area contributed by atoms with Crippen LogP contribution in [0.25, 0.3) is 0 Å². The van der Waals surface area contributed by atoms with Crippen LogP contribution in [-0.2, 0) is 11.4 Å². The van der Waals surface area contributed by atoms with E-state index >= 15 is 0 Å². The number of amides is 1. The van der Waals surface area contributed by atoms with Crippen molar-refractivity contribution in [3.63, 3.8) is 0 Å². The number of hydrogen-bond acceptors (Lipinski definition) is 9. The van der Waals surface area contributed by atoms with E-state index in [0.717, 1.165) is 36.4 Å². The Balaban J connectivity index is 1.78. The minimum absolute atomic E-state index is 0.118. The molecular formula is C20H20N4O10. The van der Waals surface area contributed by atoms with Gasteiger partial charge in [-0.2, -0.15) is 0 Å². The van der Waals surface area contributed by atoms with Crippen molar-refractivity contribution in [1.82, 2.24) is 10.8 Å². The van der Waals surface area contributed by atoms with E-state index in [1.54, 1.807) is 0 Å². The van der Waals surface area contributed by atoms with Gasteiger partial charge in [-0.1, -0.05) is 0 Å². The molecule has 14 nitrogen and oxygen atoms in total. The Kier molecular flexibility index (Phi) is 9.10. The summed E-state index contributed by atoms with van der Waals surface area (Å²) in [5, 5.41) is 42.6. The molecule has 2 aromatic carbocycles. The van der Waals surface area contributed by atoms with Crippen molar-refractivity contribution < 1.29 is 39.3 Å². The van der Waals surface area contributed by atoms with Gasteiger partial charge in [-0.25, -0.2) is 15.1 Å². The van der Waals surface area contributed by atoms with Crippen LogP contribution in [0.1, 0.15) is 49.5 Å². The average molecular weight is 476 g/mol. The number of carboxylic acids is 2. The van der Waals surface area contributed by atoms with Crippen molar-refractivity contribution in [3.05, 3.63) is 78.9 Å². The van der Waals surface area contributed by atoms with Gasteiger partial charge in [0.05, 0.1) is 33.1 Å². The fourth-order valence-electron chi connectivity index (χ4n) is 2.86. The number of nitro benzene ring substituents is 2. The molecule has 1 amide bonds. The Bertz CT molecular complexity index is 1120. The largest absolute Gasteiger partial charge is 0.478 e. The summed E-state index contributed by atoms with van der Waals surface area (Å²) in [4.78, 5) is 60.3. The van der Waals surface area contributed by atoms with Gasteiger partial charge >= 0.3 is 11.9 Å². The number of aromatic carboxylic acids is 2. The van der Waals surface area contributed by atoms with Crippen LogP contribution in [0, 0.1) is 20.2 Å². The Morgan fingerprint density at radius 1 is 0.824 bits per heavy atom. The van der Waals surface area contributed by atoms with Crippen molar-refractivity contribution in [2.45, 2.75) is 19.4 Å². The Labute approximate surface area is 191 Å². The molecule has 34 heavy (non-hydrogen) atoms. The molecule has 180 valence electrons. The molecule has 14 heteroatoms. The third-order valence-corrected chi connectivity index (χ3v) is 4.54. The lowest BCUT2D eigenvalue weighted by Gasteiger charge is -2.09. The lowest BCUT2D eigenvalue weighted by molar-refractivity contribution is -0.385. The zero-order valence-electron chi connectivity index (χ0n) is 17.6. The van der Waals surface area contributed by atoms with Crippen LogP contribution in [0.3, 0.4) is 0 Å². The van der Waals surface area contributed by atoms with E-state index < -0.39 is 33.4 Å².